The molecule has 0 aliphatic carbocycles. The van der Waals surface area contributed by atoms with Crippen molar-refractivity contribution < 1.29 is 0 Å². The van der Waals surface area contributed by atoms with E-state index in [-0.39, 0.29) is 0 Å². The van der Waals surface area contributed by atoms with E-state index in [9.17, 15) is 0 Å². The number of likely N-dealkylation sites (tertiary alicyclic amines) is 1. The van der Waals surface area contributed by atoms with E-state index < -0.39 is 0 Å². The Morgan fingerprint density at radius 1 is 1.67 bits per heavy atom. The standard InChI is InChI=1S/C8H15N/c1-4-8(2)6-5-7-9(8)3/h4H,1,5-7H2,2-3H3/t8-/m1/s1. The first-order valence-corrected chi connectivity index (χ1v) is 3.54. The molecule has 1 heteroatoms. The molecular weight excluding hydrogens is 110 g/mol. The van der Waals surface area contributed by atoms with Gasteiger partial charge in [0.2, 0.25) is 0 Å². The molecule has 0 radical (unpaired) electrons. The Hall–Kier alpha value is -0.300. The lowest BCUT2D eigenvalue weighted by Crippen LogP contribution is -2.35. The van der Waals surface area contributed by atoms with E-state index in [4.69, 9.17) is 0 Å². The second-order valence-corrected chi connectivity index (χ2v) is 3.09. The van der Waals surface area contributed by atoms with E-state index in [1.165, 1.54) is 19.4 Å². The molecule has 0 bridgehead atoms. The minimum atomic E-state index is 0.292. The maximum atomic E-state index is 3.82. The molecule has 1 fully saturated rings. The fourth-order valence-electron chi connectivity index (χ4n) is 1.38. The summed E-state index contributed by atoms with van der Waals surface area (Å²) in [6.45, 7) is 7.29. The predicted octanol–water partition coefficient (Wildman–Crippen LogP) is 1.66. The van der Waals surface area contributed by atoms with Gasteiger partial charge in [-0.2, -0.15) is 0 Å². The highest BCUT2D eigenvalue weighted by Gasteiger charge is 2.29. The third kappa shape index (κ3) is 1.01. The number of likely N-dealkylation sites (N-methyl/N-ethyl adjacent to an activating group) is 1. The van der Waals surface area contributed by atoms with Crippen LogP contribution in [0.5, 0.6) is 0 Å². The highest BCUT2D eigenvalue weighted by atomic mass is 15.2. The summed E-state index contributed by atoms with van der Waals surface area (Å²) in [5.74, 6) is 0. The normalized spacial score (nSPS) is 37.1. The van der Waals surface area contributed by atoms with Crippen molar-refractivity contribution >= 4 is 0 Å². The predicted molar refractivity (Wildman–Crippen MR) is 40.5 cm³/mol. The summed E-state index contributed by atoms with van der Waals surface area (Å²) in [6, 6.07) is 0. The molecule has 0 aromatic carbocycles. The number of rotatable bonds is 1. The molecule has 1 nitrogen and oxygen atoms in total. The van der Waals surface area contributed by atoms with Gasteiger partial charge in [0.15, 0.2) is 0 Å². The number of nitrogens with zero attached hydrogens (tertiary/aromatic N) is 1. The maximum Gasteiger partial charge on any atom is 0.0357 e. The molecule has 1 rings (SSSR count). The second-order valence-electron chi connectivity index (χ2n) is 3.09. The Kier molecular flexibility index (Phi) is 1.62. The van der Waals surface area contributed by atoms with Gasteiger partial charge < -0.3 is 0 Å². The first kappa shape index (κ1) is 6.81. The molecule has 1 saturated heterocycles. The lowest BCUT2D eigenvalue weighted by atomic mass is 10.0. The summed E-state index contributed by atoms with van der Waals surface area (Å²) in [6.07, 6.45) is 4.64. The smallest absolute Gasteiger partial charge is 0.0357 e. The van der Waals surface area contributed by atoms with Crippen molar-refractivity contribution in [2.45, 2.75) is 25.3 Å². The first-order valence-electron chi connectivity index (χ1n) is 3.54. The van der Waals surface area contributed by atoms with Crippen LogP contribution < -0.4 is 0 Å². The van der Waals surface area contributed by atoms with Crippen molar-refractivity contribution in [2.24, 2.45) is 0 Å². The zero-order chi connectivity index (χ0) is 6.91. The first-order chi connectivity index (χ1) is 4.19. The quantitative estimate of drug-likeness (QED) is 0.482. The van der Waals surface area contributed by atoms with Gasteiger partial charge in [-0.05, 0) is 33.4 Å². The molecule has 1 aliphatic heterocycles. The Morgan fingerprint density at radius 3 is 2.56 bits per heavy atom. The van der Waals surface area contributed by atoms with Gasteiger partial charge in [-0.15, -0.1) is 6.58 Å². The van der Waals surface area contributed by atoms with E-state index in [0.29, 0.717) is 5.54 Å². The molecule has 0 saturated carbocycles. The minimum Gasteiger partial charge on any atom is -0.298 e. The number of hydrogen-bond acceptors (Lipinski definition) is 1. The van der Waals surface area contributed by atoms with Crippen LogP contribution in [0.15, 0.2) is 12.7 Å². The van der Waals surface area contributed by atoms with Crippen LogP contribution >= 0.6 is 0 Å². The molecule has 0 aromatic rings. The van der Waals surface area contributed by atoms with Gasteiger partial charge in [-0.3, -0.25) is 4.90 Å². The van der Waals surface area contributed by atoms with E-state index in [1.54, 1.807) is 0 Å². The summed E-state index contributed by atoms with van der Waals surface area (Å²) in [4.78, 5) is 2.36. The van der Waals surface area contributed by atoms with Gasteiger partial charge in [-0.1, -0.05) is 6.08 Å². The maximum absolute atomic E-state index is 3.82. The highest BCUT2D eigenvalue weighted by Crippen LogP contribution is 2.27. The molecule has 0 N–H and O–H groups in total. The zero-order valence-corrected chi connectivity index (χ0v) is 6.35. The van der Waals surface area contributed by atoms with Crippen LogP contribution in [-0.2, 0) is 0 Å². The van der Waals surface area contributed by atoms with E-state index in [0.717, 1.165) is 0 Å². The van der Waals surface area contributed by atoms with Gasteiger partial charge >= 0.3 is 0 Å². The fourth-order valence-corrected chi connectivity index (χ4v) is 1.38. The molecule has 9 heavy (non-hydrogen) atoms. The van der Waals surface area contributed by atoms with E-state index in [2.05, 4.69) is 31.5 Å². The van der Waals surface area contributed by atoms with Crippen LogP contribution in [0.2, 0.25) is 0 Å². The van der Waals surface area contributed by atoms with Gasteiger partial charge in [0.1, 0.15) is 0 Å². The van der Waals surface area contributed by atoms with Gasteiger partial charge in [-0.25, -0.2) is 0 Å². The molecule has 1 aliphatic rings. The molecule has 1 atom stereocenters. The lowest BCUT2D eigenvalue weighted by molar-refractivity contribution is 0.252. The topological polar surface area (TPSA) is 3.24 Å². The largest absolute Gasteiger partial charge is 0.298 e. The van der Waals surface area contributed by atoms with Crippen LogP contribution in [0.4, 0.5) is 0 Å². The average Bonchev–Trinajstić information content (AvgIpc) is 2.15. The Balaban J connectivity index is 2.66. The molecule has 1 heterocycles. The van der Waals surface area contributed by atoms with Crippen LogP contribution in [0.1, 0.15) is 19.8 Å². The average molecular weight is 125 g/mol. The van der Waals surface area contributed by atoms with E-state index >= 15 is 0 Å². The molecule has 52 valence electrons. The van der Waals surface area contributed by atoms with Crippen molar-refractivity contribution in [2.75, 3.05) is 13.6 Å². The summed E-state index contributed by atoms with van der Waals surface area (Å²) >= 11 is 0. The molecule has 0 unspecified atom stereocenters. The summed E-state index contributed by atoms with van der Waals surface area (Å²) in [5, 5.41) is 0. The van der Waals surface area contributed by atoms with Crippen molar-refractivity contribution in [3.63, 3.8) is 0 Å². The molecular formula is C8H15N. The van der Waals surface area contributed by atoms with Gasteiger partial charge in [0, 0.05) is 5.54 Å². The highest BCUT2D eigenvalue weighted by molar-refractivity contribution is 5.03. The Labute approximate surface area is 57.4 Å². The third-order valence-corrected chi connectivity index (χ3v) is 2.49. The van der Waals surface area contributed by atoms with Crippen LogP contribution in [0.3, 0.4) is 0 Å². The third-order valence-electron chi connectivity index (χ3n) is 2.49. The summed E-state index contributed by atoms with van der Waals surface area (Å²) in [5.41, 5.74) is 0.292. The Morgan fingerprint density at radius 2 is 2.33 bits per heavy atom. The van der Waals surface area contributed by atoms with Crippen LogP contribution in [0.25, 0.3) is 0 Å². The zero-order valence-electron chi connectivity index (χ0n) is 6.35. The second kappa shape index (κ2) is 2.14. The van der Waals surface area contributed by atoms with Crippen molar-refractivity contribution in [3.8, 4) is 0 Å². The Bertz CT molecular complexity index is 120. The molecule has 0 aromatic heterocycles. The fraction of sp³-hybridized carbons (Fsp3) is 0.750. The van der Waals surface area contributed by atoms with Gasteiger partial charge in [0.25, 0.3) is 0 Å². The monoisotopic (exact) mass is 125 g/mol. The van der Waals surface area contributed by atoms with Crippen molar-refractivity contribution in [1.29, 1.82) is 0 Å². The molecule has 0 amide bonds. The van der Waals surface area contributed by atoms with Crippen molar-refractivity contribution in [3.05, 3.63) is 12.7 Å². The van der Waals surface area contributed by atoms with Crippen LogP contribution in [0, 0.1) is 0 Å². The van der Waals surface area contributed by atoms with Crippen LogP contribution in [-0.4, -0.2) is 24.0 Å². The van der Waals surface area contributed by atoms with E-state index in [1.807, 2.05) is 0 Å². The minimum absolute atomic E-state index is 0.292. The van der Waals surface area contributed by atoms with Crippen molar-refractivity contribution in [1.82, 2.24) is 4.90 Å². The summed E-state index contributed by atoms with van der Waals surface area (Å²) < 4.78 is 0. The van der Waals surface area contributed by atoms with Gasteiger partial charge in [0.05, 0.1) is 0 Å². The lowest BCUT2D eigenvalue weighted by Gasteiger charge is -2.28. The molecule has 0 spiro atoms. The number of hydrogen-bond donors (Lipinski definition) is 0. The summed E-state index contributed by atoms with van der Waals surface area (Å²) in [7, 11) is 2.16. The SMILES string of the molecule is C=C[C@]1(C)CCCN1C.